The van der Waals surface area contributed by atoms with Gasteiger partial charge in [-0.1, -0.05) is 125 Å². The summed E-state index contributed by atoms with van der Waals surface area (Å²) in [5, 5.41) is 0. The molecule has 0 bridgehead atoms. The molecule has 0 aliphatic carbocycles. The van der Waals surface area contributed by atoms with Crippen LogP contribution in [0.3, 0.4) is 0 Å². The molecule has 0 aromatic heterocycles. The molecule has 0 rings (SSSR count). The van der Waals surface area contributed by atoms with E-state index in [2.05, 4.69) is 48.1 Å². The van der Waals surface area contributed by atoms with E-state index < -0.39 is 8.80 Å². The maximum Gasteiger partial charge on any atom is 0.529 e. The van der Waals surface area contributed by atoms with Gasteiger partial charge in [0.15, 0.2) is 0 Å². The van der Waals surface area contributed by atoms with E-state index in [4.69, 9.17) is 13.3 Å². The van der Waals surface area contributed by atoms with Gasteiger partial charge in [-0.3, -0.25) is 0 Å². The summed E-state index contributed by atoms with van der Waals surface area (Å²) in [7, 11) is -2.83. The van der Waals surface area contributed by atoms with Crippen LogP contribution in [-0.4, -0.2) is 28.6 Å². The van der Waals surface area contributed by atoms with Gasteiger partial charge in [0.1, 0.15) is 0 Å². The van der Waals surface area contributed by atoms with Crippen LogP contribution >= 0.6 is 0 Å². The van der Waals surface area contributed by atoms with Crippen LogP contribution in [0.2, 0.25) is 0 Å². The third-order valence-electron chi connectivity index (χ3n) is 8.06. The highest BCUT2D eigenvalue weighted by Crippen LogP contribution is 2.23. The molecule has 216 valence electrons. The zero-order valence-corrected chi connectivity index (χ0v) is 26.6. The summed E-state index contributed by atoms with van der Waals surface area (Å²) in [6.07, 6.45) is 22.7. The van der Waals surface area contributed by atoms with E-state index in [0.29, 0.717) is 0 Å². The normalized spacial score (nSPS) is 15.9. The Bertz CT molecular complexity index is 411. The number of rotatable bonds is 28. The zero-order valence-electron chi connectivity index (χ0n) is 25.6. The van der Waals surface area contributed by atoms with Crippen molar-refractivity contribution in [3.63, 3.8) is 0 Å². The van der Waals surface area contributed by atoms with Gasteiger partial charge in [-0.25, -0.2) is 0 Å². The van der Waals surface area contributed by atoms with Crippen molar-refractivity contribution in [2.24, 2.45) is 17.8 Å². The summed E-state index contributed by atoms with van der Waals surface area (Å²) < 4.78 is 19.4. The van der Waals surface area contributed by atoms with Crippen molar-refractivity contribution in [1.82, 2.24) is 0 Å². The van der Waals surface area contributed by atoms with Crippen molar-refractivity contribution in [2.45, 2.75) is 157 Å². The monoisotopic (exact) mass is 526 g/mol. The molecular formula is C32H66O3Si. The second-order valence-corrected chi connectivity index (χ2v) is 13.5. The molecule has 0 saturated carbocycles. The Morgan fingerprint density at radius 3 is 1.00 bits per heavy atom. The van der Waals surface area contributed by atoms with E-state index in [1.165, 1.54) is 96.3 Å². The van der Waals surface area contributed by atoms with Gasteiger partial charge >= 0.3 is 8.80 Å². The minimum absolute atomic E-state index is 0.725. The van der Waals surface area contributed by atoms with Crippen LogP contribution in [0.5, 0.6) is 0 Å². The molecule has 4 heteroatoms. The smallest absolute Gasteiger partial charge is 0.370 e. The Balaban J connectivity index is 4.80. The van der Waals surface area contributed by atoms with Crippen molar-refractivity contribution in [2.75, 3.05) is 19.8 Å². The molecule has 3 nitrogen and oxygen atoms in total. The van der Waals surface area contributed by atoms with Crippen LogP contribution < -0.4 is 0 Å². The molecule has 0 N–H and O–H groups in total. The first-order valence-electron chi connectivity index (χ1n) is 16.1. The lowest BCUT2D eigenvalue weighted by Gasteiger charge is -2.28. The summed E-state index contributed by atoms with van der Waals surface area (Å²) in [6.45, 7) is 20.1. The van der Waals surface area contributed by atoms with Crippen molar-refractivity contribution >= 4 is 8.80 Å². The van der Waals surface area contributed by atoms with Gasteiger partial charge in [-0.05, 0) is 62.0 Å². The van der Waals surface area contributed by atoms with Crippen LogP contribution in [0.1, 0.15) is 157 Å². The first-order chi connectivity index (χ1) is 17.5. The Morgan fingerprint density at radius 1 is 0.500 bits per heavy atom. The fraction of sp³-hybridized carbons (Fsp3) is 0.938. The van der Waals surface area contributed by atoms with E-state index in [0.717, 1.165) is 56.8 Å². The molecule has 0 heterocycles. The predicted octanol–water partition coefficient (Wildman–Crippen LogP) is 10.7. The molecule has 3 atom stereocenters. The standard InChI is InChI=1S/C32H66O3Si/c1-8-15-21-30(11-4)24-18-27-33-36(14-7,34-28-19-25-31(12-5)22-16-9-2)35-29-20-26-32(13-6)23-17-10-3/h14,30-32H,7-13,15-29H2,1-6H3. The first-order valence-corrected chi connectivity index (χ1v) is 17.9. The van der Waals surface area contributed by atoms with Crippen LogP contribution in [0.15, 0.2) is 12.3 Å². The summed E-state index contributed by atoms with van der Waals surface area (Å²) in [4.78, 5) is 0. The van der Waals surface area contributed by atoms with Crippen molar-refractivity contribution in [3.8, 4) is 0 Å². The molecule has 0 spiro atoms. The van der Waals surface area contributed by atoms with E-state index in [1.54, 1.807) is 0 Å². The average Bonchev–Trinajstić information content (AvgIpc) is 2.91. The lowest BCUT2D eigenvalue weighted by atomic mass is 9.95. The highest BCUT2D eigenvalue weighted by Gasteiger charge is 2.38. The Labute approximate surface area is 228 Å². The van der Waals surface area contributed by atoms with Gasteiger partial charge < -0.3 is 13.3 Å². The highest BCUT2D eigenvalue weighted by atomic mass is 28.4. The molecular weight excluding hydrogens is 460 g/mol. The van der Waals surface area contributed by atoms with Crippen molar-refractivity contribution < 1.29 is 13.3 Å². The fourth-order valence-electron chi connectivity index (χ4n) is 5.20. The third kappa shape index (κ3) is 18.1. The second kappa shape index (κ2) is 25.1. The number of unbranched alkanes of at least 4 members (excludes halogenated alkanes) is 3. The minimum atomic E-state index is -2.83. The van der Waals surface area contributed by atoms with Gasteiger partial charge in [0.25, 0.3) is 0 Å². The summed E-state index contributed by atoms with van der Waals surface area (Å²) in [5.41, 5.74) is 1.89. The lowest BCUT2D eigenvalue weighted by Crippen LogP contribution is -2.45. The van der Waals surface area contributed by atoms with Gasteiger partial charge in [-0.2, -0.15) is 0 Å². The minimum Gasteiger partial charge on any atom is -0.370 e. The molecule has 0 aliphatic heterocycles. The SMILES string of the molecule is C=C[Si](OCCCC(CC)CCCC)(OCCCC(CC)CCCC)OCCCC(CC)CCCC. The largest absolute Gasteiger partial charge is 0.529 e. The van der Waals surface area contributed by atoms with Crippen molar-refractivity contribution in [1.29, 1.82) is 0 Å². The molecule has 0 aliphatic rings. The Morgan fingerprint density at radius 2 is 0.778 bits per heavy atom. The summed E-state index contributed by atoms with van der Waals surface area (Å²) in [5.74, 6) is 2.45. The average molecular weight is 527 g/mol. The fourth-order valence-corrected chi connectivity index (χ4v) is 7.09. The zero-order chi connectivity index (χ0) is 26.9. The maximum atomic E-state index is 6.45. The topological polar surface area (TPSA) is 27.7 Å². The molecule has 0 fully saturated rings. The number of hydrogen-bond acceptors (Lipinski definition) is 3. The molecule has 0 aromatic rings. The molecule has 0 radical (unpaired) electrons. The number of hydrogen-bond donors (Lipinski definition) is 0. The molecule has 3 unspecified atom stereocenters. The molecule has 0 saturated heterocycles. The summed E-state index contributed by atoms with van der Waals surface area (Å²) in [6, 6.07) is 0. The maximum absolute atomic E-state index is 6.45. The van der Waals surface area contributed by atoms with E-state index in [9.17, 15) is 0 Å². The van der Waals surface area contributed by atoms with E-state index >= 15 is 0 Å². The van der Waals surface area contributed by atoms with Gasteiger partial charge in [-0.15, -0.1) is 0 Å². The van der Waals surface area contributed by atoms with Gasteiger partial charge in [0.2, 0.25) is 0 Å². The third-order valence-corrected chi connectivity index (χ3v) is 10.4. The van der Waals surface area contributed by atoms with Crippen molar-refractivity contribution in [3.05, 3.63) is 12.3 Å². The first kappa shape index (κ1) is 35.8. The Hall–Kier alpha value is -0.163. The van der Waals surface area contributed by atoms with Crippen LogP contribution in [-0.2, 0) is 13.3 Å². The van der Waals surface area contributed by atoms with Crippen LogP contribution in [0.4, 0.5) is 0 Å². The molecule has 0 aromatic carbocycles. The highest BCUT2D eigenvalue weighted by molar-refractivity contribution is 6.66. The Kier molecular flexibility index (Phi) is 25.0. The lowest BCUT2D eigenvalue weighted by molar-refractivity contribution is 0.0645. The van der Waals surface area contributed by atoms with Gasteiger partial charge in [0.05, 0.1) is 0 Å². The van der Waals surface area contributed by atoms with Crippen LogP contribution in [0, 0.1) is 17.8 Å². The van der Waals surface area contributed by atoms with Gasteiger partial charge in [0, 0.05) is 19.8 Å². The van der Waals surface area contributed by atoms with E-state index in [1.807, 2.05) is 5.70 Å². The molecule has 36 heavy (non-hydrogen) atoms. The molecule has 0 amide bonds. The summed E-state index contributed by atoms with van der Waals surface area (Å²) >= 11 is 0. The van der Waals surface area contributed by atoms with Crippen LogP contribution in [0.25, 0.3) is 0 Å². The van der Waals surface area contributed by atoms with E-state index in [-0.39, 0.29) is 0 Å². The predicted molar refractivity (Wildman–Crippen MR) is 161 cm³/mol. The quantitative estimate of drug-likeness (QED) is 0.0749. The second-order valence-electron chi connectivity index (χ2n) is 11.0.